The molecule has 112 valence electrons. The fraction of sp³-hybridized carbons (Fsp3) is 0.214. The van der Waals surface area contributed by atoms with Crippen LogP contribution in [-0.2, 0) is 0 Å². The first-order chi connectivity index (χ1) is 10.7. The lowest BCUT2D eigenvalue weighted by Crippen LogP contribution is -2.16. The van der Waals surface area contributed by atoms with E-state index in [1.54, 1.807) is 10.9 Å². The fourth-order valence-electron chi connectivity index (χ4n) is 2.19. The normalized spacial score (nSPS) is 10.9. The van der Waals surface area contributed by atoms with Crippen molar-refractivity contribution < 1.29 is 4.79 Å². The summed E-state index contributed by atoms with van der Waals surface area (Å²) in [7, 11) is 0. The third kappa shape index (κ3) is 2.58. The number of rotatable bonds is 4. The Morgan fingerprint density at radius 1 is 1.32 bits per heavy atom. The van der Waals surface area contributed by atoms with Crippen LogP contribution in [0.25, 0.3) is 5.82 Å². The zero-order chi connectivity index (χ0) is 15.5. The van der Waals surface area contributed by atoms with Crippen LogP contribution in [0.5, 0.6) is 0 Å². The molecule has 1 amide bonds. The van der Waals surface area contributed by atoms with Gasteiger partial charge < -0.3 is 0 Å². The van der Waals surface area contributed by atoms with Crippen LogP contribution in [0.4, 0.5) is 5.95 Å². The summed E-state index contributed by atoms with van der Waals surface area (Å²) in [4.78, 5) is 20.6. The average molecular weight is 297 g/mol. The Morgan fingerprint density at radius 2 is 2.18 bits per heavy atom. The van der Waals surface area contributed by atoms with Crippen LogP contribution in [0, 0.1) is 0 Å². The number of anilines is 1. The van der Waals surface area contributed by atoms with Crippen molar-refractivity contribution in [1.29, 1.82) is 0 Å². The van der Waals surface area contributed by atoms with Gasteiger partial charge in [-0.3, -0.25) is 10.1 Å². The molecule has 0 bridgehead atoms. The molecule has 0 spiro atoms. The molecule has 0 fully saturated rings. The van der Waals surface area contributed by atoms with E-state index in [0.29, 0.717) is 17.3 Å². The molecule has 0 aliphatic carbocycles. The molecule has 0 aliphatic rings. The SMILES string of the molecule is CC(C)c1c(C(=O)Nc2ncn[nH]2)cnn1-c1ccccn1. The summed E-state index contributed by atoms with van der Waals surface area (Å²) in [5, 5.41) is 13.3. The zero-order valence-electron chi connectivity index (χ0n) is 12.2. The monoisotopic (exact) mass is 297 g/mol. The van der Waals surface area contributed by atoms with E-state index in [-0.39, 0.29) is 11.8 Å². The quantitative estimate of drug-likeness (QED) is 0.764. The highest BCUT2D eigenvalue weighted by Crippen LogP contribution is 2.22. The molecule has 0 atom stereocenters. The summed E-state index contributed by atoms with van der Waals surface area (Å²) in [5.74, 6) is 0.776. The summed E-state index contributed by atoms with van der Waals surface area (Å²) < 4.78 is 1.68. The molecule has 2 N–H and O–H groups in total. The minimum atomic E-state index is -0.289. The Hall–Kier alpha value is -3.03. The molecule has 0 aromatic carbocycles. The third-order valence-electron chi connectivity index (χ3n) is 3.11. The number of aromatic amines is 1. The number of carbonyl (C=O) groups excluding carboxylic acids is 1. The van der Waals surface area contributed by atoms with E-state index < -0.39 is 0 Å². The summed E-state index contributed by atoms with van der Waals surface area (Å²) >= 11 is 0. The largest absolute Gasteiger partial charge is 0.291 e. The van der Waals surface area contributed by atoms with E-state index in [1.165, 1.54) is 12.5 Å². The minimum Gasteiger partial charge on any atom is -0.291 e. The van der Waals surface area contributed by atoms with Gasteiger partial charge in [0.2, 0.25) is 5.95 Å². The van der Waals surface area contributed by atoms with Crippen molar-refractivity contribution in [2.75, 3.05) is 5.32 Å². The number of hydrogen-bond donors (Lipinski definition) is 2. The van der Waals surface area contributed by atoms with Gasteiger partial charge in [0.25, 0.3) is 5.91 Å². The van der Waals surface area contributed by atoms with E-state index in [2.05, 4.69) is 30.6 Å². The van der Waals surface area contributed by atoms with Crippen LogP contribution in [0.2, 0.25) is 0 Å². The predicted molar refractivity (Wildman–Crippen MR) is 79.8 cm³/mol. The first kappa shape index (κ1) is 13.9. The van der Waals surface area contributed by atoms with Crippen molar-refractivity contribution in [1.82, 2.24) is 29.9 Å². The molecule has 0 aliphatic heterocycles. The van der Waals surface area contributed by atoms with Crippen molar-refractivity contribution >= 4 is 11.9 Å². The smallest absolute Gasteiger partial charge is 0.261 e. The van der Waals surface area contributed by atoms with E-state index in [0.717, 1.165) is 5.69 Å². The minimum absolute atomic E-state index is 0.0972. The first-order valence-electron chi connectivity index (χ1n) is 6.83. The third-order valence-corrected chi connectivity index (χ3v) is 3.11. The standard InChI is InChI=1S/C14H15N7O/c1-9(2)12-10(13(22)19-14-16-8-17-20-14)7-18-21(12)11-5-3-4-6-15-11/h3-9H,1-2H3,(H2,16,17,19,20,22). The van der Waals surface area contributed by atoms with Crippen LogP contribution < -0.4 is 5.32 Å². The number of hydrogen-bond acceptors (Lipinski definition) is 5. The van der Waals surface area contributed by atoms with Crippen molar-refractivity contribution in [3.8, 4) is 5.82 Å². The molecule has 8 nitrogen and oxygen atoms in total. The maximum absolute atomic E-state index is 12.4. The van der Waals surface area contributed by atoms with Gasteiger partial charge in [0, 0.05) is 6.20 Å². The lowest BCUT2D eigenvalue weighted by Gasteiger charge is -2.11. The summed E-state index contributed by atoms with van der Waals surface area (Å²) in [5.41, 5.74) is 1.27. The molecular weight excluding hydrogens is 282 g/mol. The first-order valence-corrected chi connectivity index (χ1v) is 6.83. The molecule has 3 rings (SSSR count). The average Bonchev–Trinajstić information content (AvgIpc) is 3.16. The number of carbonyl (C=O) groups is 1. The van der Waals surface area contributed by atoms with E-state index in [1.807, 2.05) is 32.0 Å². The molecule has 8 heteroatoms. The van der Waals surface area contributed by atoms with Crippen LogP contribution >= 0.6 is 0 Å². The number of amides is 1. The van der Waals surface area contributed by atoms with Gasteiger partial charge in [-0.1, -0.05) is 19.9 Å². The number of nitrogens with zero attached hydrogens (tertiary/aromatic N) is 5. The molecular formula is C14H15N7O. The van der Waals surface area contributed by atoms with E-state index in [9.17, 15) is 4.79 Å². The topological polar surface area (TPSA) is 101 Å². The Morgan fingerprint density at radius 3 is 2.82 bits per heavy atom. The van der Waals surface area contributed by atoms with Gasteiger partial charge in [-0.05, 0) is 18.1 Å². The second-order valence-corrected chi connectivity index (χ2v) is 4.99. The molecule has 3 aromatic heterocycles. The summed E-state index contributed by atoms with van der Waals surface area (Å²) in [6.45, 7) is 4.00. The summed E-state index contributed by atoms with van der Waals surface area (Å²) in [6, 6.07) is 5.55. The highest BCUT2D eigenvalue weighted by atomic mass is 16.1. The molecule has 0 radical (unpaired) electrons. The van der Waals surface area contributed by atoms with Crippen molar-refractivity contribution in [3.63, 3.8) is 0 Å². The second-order valence-electron chi connectivity index (χ2n) is 4.99. The van der Waals surface area contributed by atoms with Gasteiger partial charge in [-0.2, -0.15) is 15.2 Å². The maximum atomic E-state index is 12.4. The van der Waals surface area contributed by atoms with Gasteiger partial charge in [-0.15, -0.1) is 0 Å². The number of nitrogens with one attached hydrogen (secondary N) is 2. The molecule has 22 heavy (non-hydrogen) atoms. The molecule has 3 aromatic rings. The lowest BCUT2D eigenvalue weighted by molar-refractivity contribution is 0.102. The molecule has 3 heterocycles. The van der Waals surface area contributed by atoms with Gasteiger partial charge in [0.05, 0.1) is 17.5 Å². The van der Waals surface area contributed by atoms with Crippen molar-refractivity contribution in [2.24, 2.45) is 0 Å². The van der Waals surface area contributed by atoms with Crippen LogP contribution in [-0.4, -0.2) is 35.9 Å². The number of aromatic nitrogens is 6. The highest BCUT2D eigenvalue weighted by Gasteiger charge is 2.21. The molecule has 0 saturated heterocycles. The molecule has 0 unspecified atom stereocenters. The van der Waals surface area contributed by atoms with Crippen LogP contribution in [0.1, 0.15) is 35.8 Å². The van der Waals surface area contributed by atoms with Gasteiger partial charge in [-0.25, -0.2) is 14.8 Å². The fourth-order valence-corrected chi connectivity index (χ4v) is 2.19. The number of pyridine rings is 1. The highest BCUT2D eigenvalue weighted by molar-refractivity contribution is 6.04. The Balaban J connectivity index is 1.98. The number of H-pyrrole nitrogens is 1. The van der Waals surface area contributed by atoms with Gasteiger partial charge >= 0.3 is 0 Å². The van der Waals surface area contributed by atoms with Crippen LogP contribution in [0.3, 0.4) is 0 Å². The zero-order valence-corrected chi connectivity index (χ0v) is 12.2. The Labute approximate surface area is 126 Å². The van der Waals surface area contributed by atoms with Crippen molar-refractivity contribution in [3.05, 3.63) is 48.2 Å². The predicted octanol–water partition coefficient (Wildman–Crippen LogP) is 1.76. The molecule has 0 saturated carbocycles. The Bertz CT molecular complexity index is 762. The Kier molecular flexibility index (Phi) is 3.65. The van der Waals surface area contributed by atoms with E-state index >= 15 is 0 Å². The van der Waals surface area contributed by atoms with Crippen LogP contribution in [0.15, 0.2) is 36.9 Å². The lowest BCUT2D eigenvalue weighted by atomic mass is 10.1. The van der Waals surface area contributed by atoms with E-state index in [4.69, 9.17) is 0 Å². The second kappa shape index (κ2) is 5.76. The van der Waals surface area contributed by atoms with Gasteiger partial charge in [0.15, 0.2) is 5.82 Å². The summed E-state index contributed by atoms with van der Waals surface area (Å²) in [6.07, 6.45) is 4.56. The van der Waals surface area contributed by atoms with Gasteiger partial charge in [0.1, 0.15) is 6.33 Å². The van der Waals surface area contributed by atoms with Crippen molar-refractivity contribution in [2.45, 2.75) is 19.8 Å². The maximum Gasteiger partial charge on any atom is 0.261 e.